The van der Waals surface area contributed by atoms with Crippen molar-refractivity contribution < 1.29 is 0 Å². The van der Waals surface area contributed by atoms with Crippen LogP contribution < -0.4 is 5.32 Å². The lowest BCUT2D eigenvalue weighted by atomic mass is 9.88. The van der Waals surface area contributed by atoms with Crippen LogP contribution in [0.4, 0.5) is 0 Å². The maximum atomic E-state index is 4.36. The summed E-state index contributed by atoms with van der Waals surface area (Å²) in [5, 5.41) is 3.28. The number of hydrogen-bond donors (Lipinski definition) is 1. The smallest absolute Gasteiger partial charge is 0.00460 e. The van der Waals surface area contributed by atoms with Crippen LogP contribution in [0.1, 0.15) is 34.6 Å². The molecule has 1 atom stereocenters. The molecule has 0 saturated carbocycles. The minimum Gasteiger partial charge on any atom is -0.320 e. The third-order valence-corrected chi connectivity index (χ3v) is 4.28. The van der Waals surface area contributed by atoms with Crippen LogP contribution in [0.3, 0.4) is 0 Å². The fourth-order valence-corrected chi connectivity index (χ4v) is 3.22. The van der Waals surface area contributed by atoms with Gasteiger partial charge >= 0.3 is 0 Å². The Morgan fingerprint density at radius 3 is 2.48 bits per heavy atom. The van der Waals surface area contributed by atoms with E-state index in [-0.39, 0.29) is 12.4 Å². The lowest BCUT2D eigenvalue weighted by Crippen LogP contribution is -2.14. The van der Waals surface area contributed by atoms with Gasteiger partial charge in [0.25, 0.3) is 0 Å². The molecule has 0 spiro atoms. The van der Waals surface area contributed by atoms with Crippen LogP contribution in [0.5, 0.6) is 0 Å². The summed E-state index contributed by atoms with van der Waals surface area (Å²) in [4.78, 5) is 0. The molecular weight excluding hydrogens is 278 g/mol. The first-order valence-electron chi connectivity index (χ1n) is 7.32. The van der Waals surface area contributed by atoms with E-state index in [9.17, 15) is 0 Å². The van der Waals surface area contributed by atoms with E-state index in [4.69, 9.17) is 0 Å². The molecule has 2 aromatic carbocycles. The molecular formula is C19H22ClN. The molecule has 1 N–H and O–H groups in total. The van der Waals surface area contributed by atoms with Crippen molar-refractivity contribution in [3.8, 4) is 0 Å². The molecule has 1 aliphatic carbocycles. The van der Waals surface area contributed by atoms with Gasteiger partial charge in [0.05, 0.1) is 0 Å². The second-order valence-electron chi connectivity index (χ2n) is 5.52. The van der Waals surface area contributed by atoms with Crippen molar-refractivity contribution in [3.05, 3.63) is 77.4 Å². The highest BCUT2D eigenvalue weighted by Gasteiger charge is 2.23. The summed E-state index contributed by atoms with van der Waals surface area (Å²) in [5.74, 6) is 0.569. The molecule has 21 heavy (non-hydrogen) atoms. The molecule has 0 aliphatic heterocycles. The van der Waals surface area contributed by atoms with E-state index in [2.05, 4.69) is 60.4 Å². The molecule has 0 amide bonds. The largest absolute Gasteiger partial charge is 0.320 e. The SMILES string of the molecule is C=C1c2ccccc2CC(CCNC)c2ccccc21.Cl. The number of rotatable bonds is 3. The average molecular weight is 300 g/mol. The highest BCUT2D eigenvalue weighted by molar-refractivity contribution is 5.85. The Morgan fingerprint density at radius 2 is 1.71 bits per heavy atom. The third-order valence-electron chi connectivity index (χ3n) is 4.28. The molecule has 110 valence electrons. The number of halogens is 1. The minimum absolute atomic E-state index is 0. The standard InChI is InChI=1S/C19H21N.ClH/c1-14-17-8-4-3-7-15(17)13-16(11-12-20-2)19-10-6-5-9-18(14)19;/h3-10,16,20H,1,11-13H2,2H3;1H. The fraction of sp³-hybridized carbons (Fsp3) is 0.263. The van der Waals surface area contributed by atoms with Gasteiger partial charge in [-0.3, -0.25) is 0 Å². The van der Waals surface area contributed by atoms with Crippen molar-refractivity contribution in [1.29, 1.82) is 0 Å². The Morgan fingerprint density at radius 1 is 1.05 bits per heavy atom. The molecule has 0 bridgehead atoms. The van der Waals surface area contributed by atoms with E-state index in [1.54, 1.807) is 0 Å². The van der Waals surface area contributed by atoms with Crippen LogP contribution >= 0.6 is 12.4 Å². The molecule has 1 unspecified atom stereocenters. The van der Waals surface area contributed by atoms with Gasteiger partial charge in [-0.2, -0.15) is 0 Å². The average Bonchev–Trinajstić information content (AvgIpc) is 2.62. The maximum absolute atomic E-state index is 4.36. The summed E-state index contributed by atoms with van der Waals surface area (Å²) < 4.78 is 0. The van der Waals surface area contributed by atoms with Crippen molar-refractivity contribution in [2.45, 2.75) is 18.8 Å². The fourth-order valence-electron chi connectivity index (χ4n) is 3.22. The summed E-state index contributed by atoms with van der Waals surface area (Å²) in [7, 11) is 2.02. The second-order valence-corrected chi connectivity index (χ2v) is 5.52. The van der Waals surface area contributed by atoms with Gasteiger partial charge in [-0.1, -0.05) is 55.1 Å². The zero-order chi connectivity index (χ0) is 13.9. The number of nitrogens with one attached hydrogen (secondary N) is 1. The van der Waals surface area contributed by atoms with Gasteiger partial charge in [0.1, 0.15) is 0 Å². The van der Waals surface area contributed by atoms with Crippen LogP contribution in [-0.4, -0.2) is 13.6 Å². The van der Waals surface area contributed by atoms with Gasteiger partial charge in [0.15, 0.2) is 0 Å². The van der Waals surface area contributed by atoms with Crippen molar-refractivity contribution in [3.63, 3.8) is 0 Å². The molecule has 0 aromatic heterocycles. The normalized spacial score (nSPS) is 16.4. The first kappa shape index (κ1) is 15.8. The quantitative estimate of drug-likeness (QED) is 0.884. The number of fused-ring (bicyclic) bond motifs is 2. The lowest BCUT2D eigenvalue weighted by Gasteiger charge is -2.17. The summed E-state index contributed by atoms with van der Waals surface area (Å²) in [6.07, 6.45) is 2.27. The third kappa shape index (κ3) is 3.04. The highest BCUT2D eigenvalue weighted by atomic mass is 35.5. The molecule has 2 aromatic rings. The molecule has 0 fully saturated rings. The summed E-state index contributed by atoms with van der Waals surface area (Å²) in [6.45, 7) is 5.41. The van der Waals surface area contributed by atoms with E-state index >= 15 is 0 Å². The summed E-state index contributed by atoms with van der Waals surface area (Å²) >= 11 is 0. The van der Waals surface area contributed by atoms with Crippen LogP contribution in [0.25, 0.3) is 5.57 Å². The molecule has 0 radical (unpaired) electrons. The summed E-state index contributed by atoms with van der Waals surface area (Å²) in [5.41, 5.74) is 6.67. The lowest BCUT2D eigenvalue weighted by molar-refractivity contribution is 0.594. The van der Waals surface area contributed by atoms with E-state index in [0.717, 1.165) is 19.4 Å². The molecule has 0 saturated heterocycles. The van der Waals surface area contributed by atoms with Crippen molar-refractivity contribution in [2.24, 2.45) is 0 Å². The van der Waals surface area contributed by atoms with Crippen LogP contribution in [0.2, 0.25) is 0 Å². The first-order valence-corrected chi connectivity index (χ1v) is 7.32. The Bertz CT molecular complexity index is 633. The van der Waals surface area contributed by atoms with Gasteiger partial charge in [0.2, 0.25) is 0 Å². The van der Waals surface area contributed by atoms with Crippen LogP contribution in [-0.2, 0) is 6.42 Å². The van der Waals surface area contributed by atoms with Crippen LogP contribution in [0, 0.1) is 0 Å². The molecule has 1 nitrogen and oxygen atoms in total. The molecule has 0 heterocycles. The van der Waals surface area contributed by atoms with E-state index in [1.807, 2.05) is 7.05 Å². The predicted molar refractivity (Wildman–Crippen MR) is 93.3 cm³/mol. The Labute approximate surface area is 133 Å². The Kier molecular flexibility index (Phi) is 5.22. The summed E-state index contributed by atoms with van der Waals surface area (Å²) in [6, 6.07) is 17.5. The molecule has 1 aliphatic rings. The minimum atomic E-state index is 0. The topological polar surface area (TPSA) is 12.0 Å². The zero-order valence-corrected chi connectivity index (χ0v) is 13.2. The van der Waals surface area contributed by atoms with Gasteiger partial charge in [-0.25, -0.2) is 0 Å². The van der Waals surface area contributed by atoms with Crippen molar-refractivity contribution >= 4 is 18.0 Å². The maximum Gasteiger partial charge on any atom is -0.00460 e. The second kappa shape index (κ2) is 6.93. The van der Waals surface area contributed by atoms with Crippen molar-refractivity contribution in [2.75, 3.05) is 13.6 Å². The molecule has 3 rings (SSSR count). The number of hydrogen-bond acceptors (Lipinski definition) is 1. The Hall–Kier alpha value is -1.57. The zero-order valence-electron chi connectivity index (χ0n) is 12.4. The van der Waals surface area contributed by atoms with E-state index in [0.29, 0.717) is 5.92 Å². The highest BCUT2D eigenvalue weighted by Crippen LogP contribution is 2.38. The predicted octanol–water partition coefficient (Wildman–Crippen LogP) is 4.42. The monoisotopic (exact) mass is 299 g/mol. The Balaban J connectivity index is 0.00000161. The van der Waals surface area contributed by atoms with Crippen LogP contribution in [0.15, 0.2) is 55.1 Å². The van der Waals surface area contributed by atoms with Gasteiger partial charge in [-0.05, 0) is 60.2 Å². The van der Waals surface area contributed by atoms with E-state index in [1.165, 1.54) is 27.8 Å². The van der Waals surface area contributed by atoms with Gasteiger partial charge in [-0.15, -0.1) is 12.4 Å². The molecule has 2 heteroatoms. The van der Waals surface area contributed by atoms with Crippen molar-refractivity contribution in [1.82, 2.24) is 5.32 Å². The van der Waals surface area contributed by atoms with E-state index < -0.39 is 0 Å². The van der Waals surface area contributed by atoms with Gasteiger partial charge in [0, 0.05) is 0 Å². The first-order chi connectivity index (χ1) is 9.81. The number of benzene rings is 2. The van der Waals surface area contributed by atoms with Gasteiger partial charge < -0.3 is 5.32 Å².